The summed E-state index contributed by atoms with van der Waals surface area (Å²) in [6.45, 7) is 0. The molecule has 0 saturated heterocycles. The molecule has 0 aliphatic rings. The standard InChI is InChI=1S/C39H23N3/c1-2-9-24(10-3-1)25-17-19-27(20-18-25)41-34-16-7-5-12-28(34)31-22-32-29-13-8-14-30-38-37(21-26-11-4-6-15-33(26)40-38)42(39(29)30)36(32)23-35(31)41/h1-23H. The number of hydrogen-bond donors (Lipinski definition) is 0. The van der Waals surface area contributed by atoms with Crippen LogP contribution in [0.4, 0.5) is 0 Å². The zero-order valence-corrected chi connectivity index (χ0v) is 22.6. The molecular weight excluding hydrogens is 510 g/mol. The van der Waals surface area contributed by atoms with Gasteiger partial charge in [0.15, 0.2) is 0 Å². The Morgan fingerprint density at radius 3 is 2.05 bits per heavy atom. The first kappa shape index (κ1) is 22.1. The van der Waals surface area contributed by atoms with E-state index in [1.165, 1.54) is 60.1 Å². The molecule has 194 valence electrons. The molecule has 42 heavy (non-hydrogen) atoms. The van der Waals surface area contributed by atoms with Crippen LogP contribution in [0.3, 0.4) is 0 Å². The highest BCUT2D eigenvalue weighted by atomic mass is 15.0. The molecule has 0 fully saturated rings. The lowest BCUT2D eigenvalue weighted by Crippen LogP contribution is -1.94. The van der Waals surface area contributed by atoms with Gasteiger partial charge >= 0.3 is 0 Å². The highest BCUT2D eigenvalue weighted by Gasteiger charge is 2.21. The highest BCUT2D eigenvalue weighted by molar-refractivity contribution is 6.26. The molecule has 10 aromatic rings. The Hall–Kier alpha value is -5.67. The van der Waals surface area contributed by atoms with E-state index in [0.29, 0.717) is 0 Å². The van der Waals surface area contributed by atoms with Gasteiger partial charge in [0.2, 0.25) is 0 Å². The Labute approximate surface area is 240 Å². The van der Waals surface area contributed by atoms with Crippen LogP contribution in [-0.4, -0.2) is 14.0 Å². The SMILES string of the molecule is c1ccc(-c2ccc(-n3c4ccccc4c4cc5c6cccc7c8nc9ccccc9cc8n(c5cc43)c67)cc2)cc1. The maximum Gasteiger partial charge on any atom is 0.0971 e. The van der Waals surface area contributed by atoms with Crippen molar-refractivity contribution < 1.29 is 0 Å². The second-order valence-corrected chi connectivity index (χ2v) is 11.2. The van der Waals surface area contributed by atoms with Crippen LogP contribution in [0, 0.1) is 0 Å². The Bertz CT molecular complexity index is 2660. The normalized spacial score (nSPS) is 12.3. The molecule has 3 heteroatoms. The lowest BCUT2D eigenvalue weighted by Gasteiger charge is -2.10. The Morgan fingerprint density at radius 2 is 1.14 bits per heavy atom. The molecule has 4 heterocycles. The summed E-state index contributed by atoms with van der Waals surface area (Å²) in [5.74, 6) is 0. The summed E-state index contributed by atoms with van der Waals surface area (Å²) in [6, 6.07) is 50.5. The Kier molecular flexibility index (Phi) is 4.18. The smallest absolute Gasteiger partial charge is 0.0971 e. The van der Waals surface area contributed by atoms with Crippen molar-refractivity contribution in [2.24, 2.45) is 0 Å². The predicted octanol–water partition coefficient (Wildman–Crippen LogP) is 10.1. The first-order valence-corrected chi connectivity index (χ1v) is 14.4. The van der Waals surface area contributed by atoms with Gasteiger partial charge in [-0.25, -0.2) is 4.98 Å². The first-order valence-electron chi connectivity index (χ1n) is 14.4. The van der Waals surface area contributed by atoms with Gasteiger partial charge in [-0.3, -0.25) is 0 Å². The van der Waals surface area contributed by atoms with Crippen molar-refractivity contribution >= 4 is 70.9 Å². The molecule has 0 N–H and O–H groups in total. The fraction of sp³-hybridized carbons (Fsp3) is 0. The van der Waals surface area contributed by atoms with E-state index >= 15 is 0 Å². The number of hydrogen-bond acceptors (Lipinski definition) is 1. The third-order valence-electron chi connectivity index (χ3n) is 9.01. The molecule has 0 amide bonds. The largest absolute Gasteiger partial charge is 0.309 e. The zero-order chi connectivity index (χ0) is 27.4. The predicted molar refractivity (Wildman–Crippen MR) is 176 cm³/mol. The lowest BCUT2D eigenvalue weighted by atomic mass is 10.1. The minimum atomic E-state index is 1.03. The van der Waals surface area contributed by atoms with Gasteiger partial charge in [0.1, 0.15) is 0 Å². The van der Waals surface area contributed by atoms with Crippen molar-refractivity contribution in [3.8, 4) is 16.8 Å². The van der Waals surface area contributed by atoms with Crippen molar-refractivity contribution in [3.63, 3.8) is 0 Å². The van der Waals surface area contributed by atoms with Gasteiger partial charge in [0, 0.05) is 38.0 Å². The number of para-hydroxylation sites is 3. The summed E-state index contributed by atoms with van der Waals surface area (Å²) in [7, 11) is 0. The maximum atomic E-state index is 5.14. The number of rotatable bonds is 2. The summed E-state index contributed by atoms with van der Waals surface area (Å²) in [6.07, 6.45) is 0. The van der Waals surface area contributed by atoms with Crippen molar-refractivity contribution in [3.05, 3.63) is 140 Å². The summed E-state index contributed by atoms with van der Waals surface area (Å²) >= 11 is 0. The molecule has 3 nitrogen and oxygen atoms in total. The minimum absolute atomic E-state index is 1.03. The van der Waals surface area contributed by atoms with Gasteiger partial charge in [-0.2, -0.15) is 0 Å². The van der Waals surface area contributed by atoms with Gasteiger partial charge < -0.3 is 8.97 Å². The lowest BCUT2D eigenvalue weighted by molar-refractivity contribution is 1.18. The third-order valence-corrected chi connectivity index (χ3v) is 9.01. The monoisotopic (exact) mass is 533 g/mol. The summed E-state index contributed by atoms with van der Waals surface area (Å²) in [5.41, 5.74) is 11.7. The average Bonchev–Trinajstić information content (AvgIpc) is 3.67. The van der Waals surface area contributed by atoms with Crippen LogP contribution in [0.25, 0.3) is 87.7 Å². The maximum absolute atomic E-state index is 5.14. The van der Waals surface area contributed by atoms with Crippen LogP contribution < -0.4 is 0 Å². The molecule has 4 aromatic heterocycles. The van der Waals surface area contributed by atoms with E-state index in [1.807, 2.05) is 0 Å². The Morgan fingerprint density at radius 1 is 0.429 bits per heavy atom. The van der Waals surface area contributed by atoms with E-state index in [0.717, 1.165) is 27.6 Å². The quantitative estimate of drug-likeness (QED) is 0.217. The van der Waals surface area contributed by atoms with Crippen LogP contribution in [0.1, 0.15) is 0 Å². The molecule has 0 spiro atoms. The number of benzene rings is 6. The molecular formula is C39H23N3. The van der Waals surface area contributed by atoms with Gasteiger partial charge in [-0.05, 0) is 53.6 Å². The fourth-order valence-corrected chi connectivity index (χ4v) is 7.15. The van der Waals surface area contributed by atoms with Crippen molar-refractivity contribution in [2.75, 3.05) is 0 Å². The van der Waals surface area contributed by atoms with Crippen LogP contribution in [-0.2, 0) is 0 Å². The highest BCUT2D eigenvalue weighted by Crippen LogP contribution is 2.42. The second kappa shape index (κ2) is 7.96. The molecule has 0 aliphatic heterocycles. The van der Waals surface area contributed by atoms with Gasteiger partial charge in [-0.1, -0.05) is 97.1 Å². The molecule has 0 saturated carbocycles. The molecule has 6 aromatic carbocycles. The van der Waals surface area contributed by atoms with E-state index in [4.69, 9.17) is 4.98 Å². The zero-order valence-electron chi connectivity index (χ0n) is 22.6. The second-order valence-electron chi connectivity index (χ2n) is 11.2. The average molecular weight is 534 g/mol. The van der Waals surface area contributed by atoms with Gasteiger partial charge in [-0.15, -0.1) is 0 Å². The van der Waals surface area contributed by atoms with E-state index < -0.39 is 0 Å². The van der Waals surface area contributed by atoms with Gasteiger partial charge in [0.25, 0.3) is 0 Å². The topological polar surface area (TPSA) is 22.2 Å². The Balaban J connectivity index is 1.33. The number of aromatic nitrogens is 3. The fourth-order valence-electron chi connectivity index (χ4n) is 7.15. The van der Waals surface area contributed by atoms with Crippen LogP contribution >= 0.6 is 0 Å². The van der Waals surface area contributed by atoms with Crippen molar-refractivity contribution in [2.45, 2.75) is 0 Å². The first-order chi connectivity index (χ1) is 20.8. The van der Waals surface area contributed by atoms with E-state index in [-0.39, 0.29) is 0 Å². The molecule has 10 rings (SSSR count). The van der Waals surface area contributed by atoms with Gasteiger partial charge in [0.05, 0.1) is 38.6 Å². The molecule has 0 unspecified atom stereocenters. The third kappa shape index (κ3) is 2.82. The molecule has 0 bridgehead atoms. The molecule has 0 atom stereocenters. The van der Waals surface area contributed by atoms with Crippen molar-refractivity contribution in [1.29, 1.82) is 0 Å². The van der Waals surface area contributed by atoms with Crippen molar-refractivity contribution in [1.82, 2.24) is 14.0 Å². The van der Waals surface area contributed by atoms with Crippen LogP contribution in [0.2, 0.25) is 0 Å². The number of pyridine rings is 1. The minimum Gasteiger partial charge on any atom is -0.309 e. The summed E-state index contributed by atoms with van der Waals surface area (Å²) in [4.78, 5) is 5.14. The molecule has 0 radical (unpaired) electrons. The van der Waals surface area contributed by atoms with E-state index in [1.54, 1.807) is 0 Å². The van der Waals surface area contributed by atoms with Crippen LogP contribution in [0.15, 0.2) is 140 Å². The summed E-state index contributed by atoms with van der Waals surface area (Å²) < 4.78 is 4.86. The molecule has 0 aliphatic carbocycles. The number of fused-ring (bicyclic) bond motifs is 10. The van der Waals surface area contributed by atoms with Crippen LogP contribution in [0.5, 0.6) is 0 Å². The summed E-state index contributed by atoms with van der Waals surface area (Å²) in [5, 5.41) is 7.46. The van der Waals surface area contributed by atoms with E-state index in [9.17, 15) is 0 Å². The number of nitrogens with zero attached hydrogens (tertiary/aromatic N) is 3. The van der Waals surface area contributed by atoms with E-state index in [2.05, 4.69) is 148 Å².